The molecular weight excluding hydrogens is 379 g/mol. The van der Waals surface area contributed by atoms with Crippen LogP contribution in [0.1, 0.15) is 15.9 Å². The summed E-state index contributed by atoms with van der Waals surface area (Å²) in [6.07, 6.45) is 0. The largest absolute Gasteiger partial charge is 0.493 e. The van der Waals surface area contributed by atoms with E-state index in [-0.39, 0.29) is 36.0 Å². The van der Waals surface area contributed by atoms with Crippen LogP contribution in [-0.2, 0) is 11.3 Å². The molecular formula is C17H11F5O5. The highest BCUT2D eigenvalue weighted by Gasteiger charge is 2.27. The lowest BCUT2D eigenvalue weighted by molar-refractivity contribution is 0.0460. The number of fused-ring (bicyclic) bond motifs is 1. The summed E-state index contributed by atoms with van der Waals surface area (Å²) in [6.45, 7) is -0.673. The smallest absolute Gasteiger partial charge is 0.338 e. The molecule has 0 atom stereocenters. The minimum atomic E-state index is -2.29. The van der Waals surface area contributed by atoms with Crippen LogP contribution in [0.3, 0.4) is 0 Å². The molecule has 0 saturated carbocycles. The first-order chi connectivity index (χ1) is 12.8. The third kappa shape index (κ3) is 3.34. The van der Waals surface area contributed by atoms with Gasteiger partial charge < -0.3 is 18.9 Å². The molecule has 1 aliphatic rings. The average molecular weight is 390 g/mol. The fourth-order valence-corrected chi connectivity index (χ4v) is 2.39. The van der Waals surface area contributed by atoms with Gasteiger partial charge in [-0.2, -0.15) is 0 Å². The molecule has 0 spiro atoms. The molecule has 2 aromatic rings. The van der Waals surface area contributed by atoms with E-state index in [0.717, 1.165) is 0 Å². The summed E-state index contributed by atoms with van der Waals surface area (Å²) >= 11 is 0. The van der Waals surface area contributed by atoms with Crippen LogP contribution in [0.4, 0.5) is 22.0 Å². The highest BCUT2D eigenvalue weighted by molar-refractivity contribution is 5.91. The lowest BCUT2D eigenvalue weighted by atomic mass is 10.1. The number of carbonyl (C=O) groups excluding carboxylic acids is 1. The molecule has 0 fully saturated rings. The Morgan fingerprint density at radius 2 is 1.56 bits per heavy atom. The summed E-state index contributed by atoms with van der Waals surface area (Å²) in [5.74, 6) is -11.2. The van der Waals surface area contributed by atoms with E-state index >= 15 is 0 Å². The second-order valence-electron chi connectivity index (χ2n) is 5.33. The van der Waals surface area contributed by atoms with Gasteiger partial charge >= 0.3 is 5.97 Å². The van der Waals surface area contributed by atoms with Crippen LogP contribution in [-0.4, -0.2) is 26.3 Å². The van der Waals surface area contributed by atoms with Crippen molar-refractivity contribution in [2.24, 2.45) is 0 Å². The van der Waals surface area contributed by atoms with E-state index in [1.165, 1.54) is 19.2 Å². The van der Waals surface area contributed by atoms with E-state index in [0.29, 0.717) is 0 Å². The molecule has 0 bridgehead atoms. The maximum atomic E-state index is 13.6. The number of benzene rings is 2. The summed E-state index contributed by atoms with van der Waals surface area (Å²) in [4.78, 5) is 12.2. The number of halogens is 5. The lowest BCUT2D eigenvalue weighted by Gasteiger charge is -2.21. The molecule has 5 nitrogen and oxygen atoms in total. The molecule has 0 aromatic heterocycles. The molecule has 0 radical (unpaired) electrons. The SMILES string of the molecule is COc1cc(C(=O)OCc2c(F)c(F)c(F)c(F)c2F)cc2c1OCCO2. The zero-order chi connectivity index (χ0) is 19.7. The van der Waals surface area contributed by atoms with Crippen molar-refractivity contribution in [3.8, 4) is 17.2 Å². The summed E-state index contributed by atoms with van der Waals surface area (Å²) < 4.78 is 87.1. The molecule has 0 unspecified atom stereocenters. The van der Waals surface area contributed by atoms with Gasteiger partial charge in [-0.1, -0.05) is 0 Å². The second kappa shape index (κ2) is 7.29. The van der Waals surface area contributed by atoms with Crippen LogP contribution in [0.2, 0.25) is 0 Å². The first kappa shape index (κ1) is 18.7. The standard InChI is InChI=1S/C17H11F5O5/c1-24-9-4-7(5-10-16(9)26-3-2-25-10)17(23)27-6-8-11(18)13(20)15(22)14(21)12(8)19/h4-5H,2-3,6H2,1H3. The number of rotatable bonds is 4. The number of ether oxygens (including phenoxy) is 4. The highest BCUT2D eigenvalue weighted by Crippen LogP contribution is 2.40. The molecule has 0 amide bonds. The van der Waals surface area contributed by atoms with Crippen LogP contribution in [0.5, 0.6) is 17.2 Å². The van der Waals surface area contributed by atoms with Crippen molar-refractivity contribution in [3.05, 3.63) is 52.3 Å². The fourth-order valence-electron chi connectivity index (χ4n) is 2.39. The number of carbonyl (C=O) groups is 1. The molecule has 1 heterocycles. The van der Waals surface area contributed by atoms with Gasteiger partial charge in [0, 0.05) is 0 Å². The molecule has 0 N–H and O–H groups in total. The Morgan fingerprint density at radius 1 is 0.963 bits per heavy atom. The maximum Gasteiger partial charge on any atom is 0.338 e. The van der Waals surface area contributed by atoms with Crippen molar-refractivity contribution in [1.82, 2.24) is 0 Å². The maximum absolute atomic E-state index is 13.6. The average Bonchev–Trinajstić information content (AvgIpc) is 2.69. The van der Waals surface area contributed by atoms with Crippen LogP contribution < -0.4 is 14.2 Å². The van der Waals surface area contributed by atoms with Gasteiger partial charge in [0.05, 0.1) is 18.2 Å². The number of esters is 1. The second-order valence-corrected chi connectivity index (χ2v) is 5.33. The van der Waals surface area contributed by atoms with Gasteiger partial charge in [-0.05, 0) is 12.1 Å². The van der Waals surface area contributed by atoms with E-state index in [2.05, 4.69) is 4.74 Å². The van der Waals surface area contributed by atoms with Crippen LogP contribution in [0.25, 0.3) is 0 Å². The zero-order valence-electron chi connectivity index (χ0n) is 13.7. The fraction of sp³-hybridized carbons (Fsp3) is 0.235. The number of methoxy groups -OCH3 is 1. The Labute approximate surface area is 149 Å². The summed E-state index contributed by atoms with van der Waals surface area (Å²) in [7, 11) is 1.32. The van der Waals surface area contributed by atoms with Gasteiger partial charge in [-0.25, -0.2) is 26.7 Å². The minimum absolute atomic E-state index is 0.125. The minimum Gasteiger partial charge on any atom is -0.493 e. The molecule has 27 heavy (non-hydrogen) atoms. The van der Waals surface area contributed by atoms with Gasteiger partial charge in [-0.15, -0.1) is 0 Å². The van der Waals surface area contributed by atoms with Crippen LogP contribution in [0, 0.1) is 29.1 Å². The van der Waals surface area contributed by atoms with Crippen LogP contribution in [0.15, 0.2) is 12.1 Å². The van der Waals surface area contributed by atoms with Crippen molar-refractivity contribution in [2.75, 3.05) is 20.3 Å². The van der Waals surface area contributed by atoms with Crippen molar-refractivity contribution in [1.29, 1.82) is 0 Å². The third-order valence-electron chi connectivity index (χ3n) is 3.71. The molecule has 0 saturated heterocycles. The Kier molecular flexibility index (Phi) is 5.06. The van der Waals surface area contributed by atoms with Gasteiger partial charge in [0.15, 0.2) is 34.8 Å². The molecule has 0 aliphatic carbocycles. The van der Waals surface area contributed by atoms with Gasteiger partial charge in [0.2, 0.25) is 11.6 Å². The first-order valence-electron chi connectivity index (χ1n) is 7.50. The highest BCUT2D eigenvalue weighted by atomic mass is 19.2. The van der Waals surface area contributed by atoms with Crippen molar-refractivity contribution in [3.63, 3.8) is 0 Å². The van der Waals surface area contributed by atoms with E-state index in [1.54, 1.807) is 0 Å². The predicted molar refractivity (Wildman–Crippen MR) is 79.3 cm³/mol. The molecule has 1 aliphatic heterocycles. The Hall–Kier alpha value is -3.04. The number of hydrogen-bond donors (Lipinski definition) is 0. The molecule has 3 rings (SSSR count). The summed E-state index contributed by atoms with van der Waals surface area (Å²) in [5, 5.41) is 0. The third-order valence-corrected chi connectivity index (χ3v) is 3.71. The van der Waals surface area contributed by atoms with E-state index in [1.807, 2.05) is 0 Å². The predicted octanol–water partition coefficient (Wildman–Crippen LogP) is 3.52. The van der Waals surface area contributed by atoms with E-state index in [9.17, 15) is 26.7 Å². The molecule has 2 aromatic carbocycles. The van der Waals surface area contributed by atoms with Gasteiger partial charge in [0.25, 0.3) is 0 Å². The van der Waals surface area contributed by atoms with Crippen LogP contribution >= 0.6 is 0 Å². The van der Waals surface area contributed by atoms with Gasteiger partial charge in [0.1, 0.15) is 19.8 Å². The van der Waals surface area contributed by atoms with E-state index < -0.39 is 47.2 Å². The lowest BCUT2D eigenvalue weighted by Crippen LogP contribution is -2.17. The normalized spacial score (nSPS) is 12.7. The molecule has 144 valence electrons. The Balaban J connectivity index is 1.85. The van der Waals surface area contributed by atoms with Crippen molar-refractivity contribution < 1.29 is 45.7 Å². The quantitative estimate of drug-likeness (QED) is 0.346. The van der Waals surface area contributed by atoms with Crippen molar-refractivity contribution in [2.45, 2.75) is 6.61 Å². The number of hydrogen-bond acceptors (Lipinski definition) is 5. The van der Waals surface area contributed by atoms with Crippen molar-refractivity contribution >= 4 is 5.97 Å². The Morgan fingerprint density at radius 3 is 2.19 bits per heavy atom. The first-order valence-corrected chi connectivity index (χ1v) is 7.50. The topological polar surface area (TPSA) is 54.0 Å². The van der Waals surface area contributed by atoms with E-state index in [4.69, 9.17) is 14.2 Å². The Bertz CT molecular complexity index is 869. The zero-order valence-corrected chi connectivity index (χ0v) is 13.7. The summed E-state index contributed by atoms with van der Waals surface area (Å²) in [5.41, 5.74) is -1.38. The molecule has 10 heteroatoms. The summed E-state index contributed by atoms with van der Waals surface area (Å²) in [6, 6.07) is 2.48. The monoisotopic (exact) mass is 390 g/mol. The van der Waals surface area contributed by atoms with Gasteiger partial charge in [-0.3, -0.25) is 0 Å².